The molecule has 0 aliphatic heterocycles. The molecule has 3 heteroatoms. The Morgan fingerprint density at radius 1 is 0.588 bits per heavy atom. The molecule has 244 valence electrons. The van der Waals surface area contributed by atoms with Crippen molar-refractivity contribution in [1.82, 2.24) is 0 Å². The Morgan fingerprint density at radius 3 is 2.18 bits per heavy atom. The number of thiophene rings is 3. The van der Waals surface area contributed by atoms with Crippen LogP contribution in [0.25, 0.3) is 70.4 Å². The second-order valence-electron chi connectivity index (χ2n) is 13.6. The van der Waals surface area contributed by atoms with Crippen molar-refractivity contribution >= 4 is 50.9 Å². The minimum absolute atomic E-state index is 0.385. The van der Waals surface area contributed by atoms with Crippen LogP contribution in [0.1, 0.15) is 48.3 Å². The van der Waals surface area contributed by atoms with Crippen molar-refractivity contribution in [3.05, 3.63) is 171 Å². The number of allylic oxidation sites excluding steroid dienone is 7. The lowest BCUT2D eigenvalue weighted by Crippen LogP contribution is -2.08. The van der Waals surface area contributed by atoms with E-state index in [-0.39, 0.29) is 0 Å². The minimum Gasteiger partial charge on any atom is -0.144 e. The minimum atomic E-state index is 0.385. The van der Waals surface area contributed by atoms with Gasteiger partial charge in [0.15, 0.2) is 0 Å². The molecule has 7 aromatic rings. The third kappa shape index (κ3) is 5.42. The molecule has 3 aromatic heterocycles. The van der Waals surface area contributed by atoms with Crippen LogP contribution in [0.2, 0.25) is 0 Å². The summed E-state index contributed by atoms with van der Waals surface area (Å²) in [5, 5.41) is 9.15. The van der Waals surface area contributed by atoms with Gasteiger partial charge in [-0.3, -0.25) is 0 Å². The van der Waals surface area contributed by atoms with Crippen molar-refractivity contribution in [2.75, 3.05) is 0 Å². The Morgan fingerprint density at radius 2 is 1.31 bits per heavy atom. The molecule has 3 heterocycles. The normalized spacial score (nSPS) is 16.4. The van der Waals surface area contributed by atoms with Crippen LogP contribution in [0.3, 0.4) is 0 Å². The summed E-state index contributed by atoms with van der Waals surface area (Å²) in [7, 11) is 0. The molecule has 51 heavy (non-hydrogen) atoms. The fourth-order valence-electron chi connectivity index (χ4n) is 8.37. The molecule has 0 spiro atoms. The van der Waals surface area contributed by atoms with Crippen LogP contribution in [0.15, 0.2) is 143 Å². The van der Waals surface area contributed by atoms with Gasteiger partial charge < -0.3 is 0 Å². The third-order valence-electron chi connectivity index (χ3n) is 10.7. The first-order chi connectivity index (χ1) is 25.3. The molecule has 0 radical (unpaired) electrons. The maximum Gasteiger partial charge on any atom is 0.0422 e. The molecule has 1 atom stereocenters. The zero-order valence-corrected chi connectivity index (χ0v) is 30.6. The first-order valence-corrected chi connectivity index (χ1v) is 20.5. The van der Waals surface area contributed by atoms with Crippen molar-refractivity contribution in [2.45, 2.75) is 38.0 Å². The van der Waals surface area contributed by atoms with Gasteiger partial charge in [-0.1, -0.05) is 85.0 Å². The van der Waals surface area contributed by atoms with Crippen molar-refractivity contribution in [3.8, 4) is 53.6 Å². The predicted molar refractivity (Wildman–Crippen MR) is 222 cm³/mol. The highest BCUT2D eigenvalue weighted by Gasteiger charge is 2.26. The molecule has 0 nitrogen and oxygen atoms in total. The zero-order valence-electron chi connectivity index (χ0n) is 28.1. The fourth-order valence-corrected chi connectivity index (χ4v) is 11.1. The van der Waals surface area contributed by atoms with Crippen LogP contribution < -0.4 is 0 Å². The van der Waals surface area contributed by atoms with Crippen LogP contribution in [0.4, 0.5) is 0 Å². The van der Waals surface area contributed by atoms with Crippen LogP contribution in [0, 0.1) is 12.1 Å². The van der Waals surface area contributed by atoms with Crippen LogP contribution in [-0.2, 0) is 6.42 Å². The number of rotatable bonds is 6. The van der Waals surface area contributed by atoms with E-state index in [4.69, 9.17) is 0 Å². The molecule has 0 saturated heterocycles. The van der Waals surface area contributed by atoms with Crippen molar-refractivity contribution < 1.29 is 0 Å². The van der Waals surface area contributed by atoms with Gasteiger partial charge in [-0.05, 0) is 158 Å². The lowest BCUT2D eigenvalue weighted by molar-refractivity contribution is 0.781. The van der Waals surface area contributed by atoms with Crippen molar-refractivity contribution in [3.63, 3.8) is 0 Å². The number of hydrogen-bond acceptors (Lipinski definition) is 3. The van der Waals surface area contributed by atoms with E-state index in [1.54, 1.807) is 0 Å². The molecule has 0 saturated carbocycles. The molecule has 4 aromatic carbocycles. The number of fused-ring (bicyclic) bond motifs is 2. The first-order valence-electron chi connectivity index (χ1n) is 17.8. The maximum absolute atomic E-state index is 3.33. The van der Waals surface area contributed by atoms with Gasteiger partial charge in [-0.15, -0.1) is 34.0 Å². The Balaban J connectivity index is 1.17. The third-order valence-corrected chi connectivity index (χ3v) is 13.6. The summed E-state index contributed by atoms with van der Waals surface area (Å²) in [6.45, 7) is 0. The van der Waals surface area contributed by atoms with Crippen molar-refractivity contribution in [1.29, 1.82) is 0 Å². The first kappa shape index (κ1) is 30.8. The summed E-state index contributed by atoms with van der Waals surface area (Å²) in [6, 6.07) is 38.5. The predicted octanol–water partition coefficient (Wildman–Crippen LogP) is 14.6. The van der Waals surface area contributed by atoms with Crippen molar-refractivity contribution in [2.24, 2.45) is 0 Å². The Kier molecular flexibility index (Phi) is 7.83. The smallest absolute Gasteiger partial charge is 0.0422 e. The fraction of sp³-hybridized carbons (Fsp3) is 0.125. The van der Waals surface area contributed by atoms with E-state index in [1.165, 1.54) is 86.8 Å². The van der Waals surface area contributed by atoms with Gasteiger partial charge in [0.1, 0.15) is 0 Å². The standard InChI is InChI=1S/C48H34S3/c1-4-16-37-31(10-1)13-7-19-40(37)43-22-25-49-46(43)34-28-35(47-44(23-26-50-47)41-20-8-14-32-11-2-5-17-38(32)41)30-36(29-34)48-45(24-27-51-48)42-21-9-15-33-12-3-6-18-39(33)42/h1-2,4,6,8-11,14-16,18-20,22-30,42H,3,5,12,17,21H2. The van der Waals surface area contributed by atoms with Gasteiger partial charge in [0.25, 0.3) is 0 Å². The maximum atomic E-state index is 3.33. The van der Waals surface area contributed by atoms with Gasteiger partial charge in [-0.25, -0.2) is 0 Å². The summed E-state index contributed by atoms with van der Waals surface area (Å²) >= 11 is 5.59. The van der Waals surface area contributed by atoms with Gasteiger partial charge in [0.05, 0.1) is 0 Å². The van der Waals surface area contributed by atoms with E-state index in [0.29, 0.717) is 5.92 Å². The van der Waals surface area contributed by atoms with Gasteiger partial charge >= 0.3 is 0 Å². The van der Waals surface area contributed by atoms with Crippen LogP contribution in [-0.4, -0.2) is 0 Å². The molecular weight excluding hydrogens is 673 g/mol. The van der Waals surface area contributed by atoms with E-state index in [2.05, 4.69) is 150 Å². The molecule has 3 aliphatic rings. The molecule has 0 fully saturated rings. The summed E-state index contributed by atoms with van der Waals surface area (Å²) < 4.78 is 0. The number of benzene rings is 3. The van der Waals surface area contributed by atoms with E-state index in [0.717, 1.165) is 37.5 Å². The van der Waals surface area contributed by atoms with Gasteiger partial charge in [0.2, 0.25) is 0 Å². The second-order valence-corrected chi connectivity index (χ2v) is 16.4. The average Bonchev–Trinajstić information content (AvgIpc) is 3.99. The highest BCUT2D eigenvalue weighted by Crippen LogP contribution is 2.49. The Labute approximate surface area is 312 Å². The Bertz CT molecular complexity index is 2570. The van der Waals surface area contributed by atoms with Gasteiger partial charge in [0, 0.05) is 37.1 Å². The van der Waals surface area contributed by atoms with E-state index in [9.17, 15) is 0 Å². The second kappa shape index (κ2) is 13.0. The summed E-state index contributed by atoms with van der Waals surface area (Å²) in [5.41, 5.74) is 16.3. The lowest BCUT2D eigenvalue weighted by Gasteiger charge is -2.26. The SMILES string of the molecule is c1cc(-c2ccsc2-c2cc(-c3sccc3-c3cccc4c3CCC=C4)cc(-c3sccc3C3CC=CC4=C3C=CCC4)c2)c2ccccc2c#1. The van der Waals surface area contributed by atoms with E-state index in [1.807, 2.05) is 34.0 Å². The molecule has 1 unspecified atom stereocenters. The topological polar surface area (TPSA) is 0 Å². The molecule has 0 bridgehead atoms. The highest BCUT2D eigenvalue weighted by molar-refractivity contribution is 7.15. The molecule has 3 aliphatic carbocycles. The summed E-state index contributed by atoms with van der Waals surface area (Å²) in [5.74, 6) is 0.385. The quantitative estimate of drug-likeness (QED) is 0.161. The van der Waals surface area contributed by atoms with E-state index < -0.39 is 0 Å². The highest BCUT2D eigenvalue weighted by atomic mass is 32.1. The zero-order chi connectivity index (χ0) is 33.7. The molecular formula is C48H34S3. The Hall–Kier alpha value is -4.98. The average molecular weight is 707 g/mol. The molecule has 0 amide bonds. The van der Waals surface area contributed by atoms with Gasteiger partial charge in [-0.2, -0.15) is 0 Å². The van der Waals surface area contributed by atoms with E-state index >= 15 is 0 Å². The largest absolute Gasteiger partial charge is 0.144 e. The monoisotopic (exact) mass is 706 g/mol. The van der Waals surface area contributed by atoms with Crippen LogP contribution >= 0.6 is 34.0 Å². The molecule has 0 N–H and O–H groups in total. The number of hydrogen-bond donors (Lipinski definition) is 0. The molecule has 10 rings (SSSR count). The van der Waals surface area contributed by atoms with Crippen LogP contribution in [0.5, 0.6) is 0 Å². The summed E-state index contributed by atoms with van der Waals surface area (Å²) in [6.07, 6.45) is 19.7. The lowest BCUT2D eigenvalue weighted by atomic mass is 9.78. The summed E-state index contributed by atoms with van der Waals surface area (Å²) in [4.78, 5) is 4.02.